The van der Waals surface area contributed by atoms with E-state index in [1.807, 2.05) is 0 Å². The normalized spacial score (nSPS) is 13.0. The van der Waals surface area contributed by atoms with Crippen LogP contribution < -0.4 is 5.32 Å². The third kappa shape index (κ3) is 5.62. The van der Waals surface area contributed by atoms with E-state index < -0.39 is 29.0 Å². The number of amides is 1. The zero-order chi connectivity index (χ0) is 16.0. The summed E-state index contributed by atoms with van der Waals surface area (Å²) >= 11 is 3.30. The van der Waals surface area contributed by atoms with Gasteiger partial charge in [0.2, 0.25) is 0 Å². The van der Waals surface area contributed by atoms with Crippen LogP contribution in [0.5, 0.6) is 0 Å². The van der Waals surface area contributed by atoms with E-state index in [4.69, 9.17) is 4.74 Å². The first-order valence-corrected chi connectivity index (χ1v) is 6.95. The molecule has 0 radical (unpaired) electrons. The maximum Gasteiger partial charge on any atom is 0.416 e. The molecule has 118 valence electrons. The molecular weight excluding hydrogens is 358 g/mol. The van der Waals surface area contributed by atoms with Crippen molar-refractivity contribution in [1.82, 2.24) is 5.32 Å². The van der Waals surface area contributed by atoms with Gasteiger partial charge in [-0.2, -0.15) is 13.2 Å². The largest absolute Gasteiger partial charge is 0.416 e. The van der Waals surface area contributed by atoms with Crippen LogP contribution in [0, 0.1) is 5.82 Å². The molecule has 0 saturated carbocycles. The summed E-state index contributed by atoms with van der Waals surface area (Å²) in [4.78, 5) is 11.7. The van der Waals surface area contributed by atoms with Crippen LogP contribution in [-0.4, -0.2) is 31.0 Å². The third-order valence-electron chi connectivity index (χ3n) is 2.63. The van der Waals surface area contributed by atoms with Gasteiger partial charge >= 0.3 is 6.18 Å². The molecule has 0 heterocycles. The van der Waals surface area contributed by atoms with Crippen LogP contribution in [0.15, 0.2) is 18.2 Å². The van der Waals surface area contributed by atoms with Gasteiger partial charge in [-0.15, -0.1) is 0 Å². The summed E-state index contributed by atoms with van der Waals surface area (Å²) in [6.45, 7) is 0.613. The Morgan fingerprint density at radius 3 is 2.67 bits per heavy atom. The van der Waals surface area contributed by atoms with E-state index in [1.54, 1.807) is 0 Å². The van der Waals surface area contributed by atoms with Gasteiger partial charge in [-0.05, 0) is 24.6 Å². The Morgan fingerprint density at radius 1 is 1.43 bits per heavy atom. The van der Waals surface area contributed by atoms with Gasteiger partial charge in [0.15, 0.2) is 0 Å². The maximum atomic E-state index is 13.5. The number of rotatable bonds is 6. The standard InChI is InChI=1S/C13H14BrF4NO2/c1-21-7-9(14)4-5-19-12(20)10-6-8(13(16,17)18)2-3-11(10)15/h2-3,6,9H,4-5,7H2,1H3,(H,19,20). The van der Waals surface area contributed by atoms with Crippen molar-refractivity contribution < 1.29 is 27.1 Å². The Kier molecular flexibility index (Phi) is 6.60. The maximum absolute atomic E-state index is 13.5. The first kappa shape index (κ1) is 17.9. The molecule has 0 saturated heterocycles. The summed E-state index contributed by atoms with van der Waals surface area (Å²) < 4.78 is 55.9. The predicted octanol–water partition coefficient (Wildman–Crippen LogP) is 3.37. The van der Waals surface area contributed by atoms with Crippen LogP contribution in [0.2, 0.25) is 0 Å². The highest BCUT2D eigenvalue weighted by Crippen LogP contribution is 2.30. The van der Waals surface area contributed by atoms with Gasteiger partial charge in [0.1, 0.15) is 5.82 Å². The van der Waals surface area contributed by atoms with Crippen LogP contribution in [0.1, 0.15) is 22.3 Å². The van der Waals surface area contributed by atoms with E-state index in [1.165, 1.54) is 7.11 Å². The van der Waals surface area contributed by atoms with Gasteiger partial charge in [-0.3, -0.25) is 4.79 Å². The van der Waals surface area contributed by atoms with Gasteiger partial charge in [-0.25, -0.2) is 4.39 Å². The number of ether oxygens (including phenoxy) is 1. The molecule has 1 rings (SSSR count). The van der Waals surface area contributed by atoms with Crippen LogP contribution in [0.25, 0.3) is 0 Å². The fourth-order valence-corrected chi connectivity index (χ4v) is 2.07. The topological polar surface area (TPSA) is 38.3 Å². The van der Waals surface area contributed by atoms with Crippen molar-refractivity contribution in [2.75, 3.05) is 20.3 Å². The number of carbonyl (C=O) groups is 1. The number of benzene rings is 1. The van der Waals surface area contributed by atoms with E-state index in [0.717, 1.165) is 0 Å². The van der Waals surface area contributed by atoms with Gasteiger partial charge in [0.25, 0.3) is 5.91 Å². The van der Waals surface area contributed by atoms with Crippen LogP contribution in [-0.2, 0) is 10.9 Å². The highest BCUT2D eigenvalue weighted by Gasteiger charge is 2.31. The lowest BCUT2D eigenvalue weighted by molar-refractivity contribution is -0.137. The zero-order valence-corrected chi connectivity index (χ0v) is 12.7. The van der Waals surface area contributed by atoms with Crippen molar-refractivity contribution in [3.8, 4) is 0 Å². The lowest BCUT2D eigenvalue weighted by Gasteiger charge is -2.11. The fraction of sp³-hybridized carbons (Fsp3) is 0.462. The minimum absolute atomic E-state index is 0.00541. The zero-order valence-electron chi connectivity index (χ0n) is 11.1. The molecule has 0 aliphatic rings. The molecule has 0 fully saturated rings. The van der Waals surface area contributed by atoms with Crippen molar-refractivity contribution in [1.29, 1.82) is 0 Å². The second-order valence-electron chi connectivity index (χ2n) is 4.29. The van der Waals surface area contributed by atoms with Crippen molar-refractivity contribution in [2.45, 2.75) is 17.4 Å². The summed E-state index contributed by atoms with van der Waals surface area (Å²) in [7, 11) is 1.52. The number of hydrogen-bond acceptors (Lipinski definition) is 2. The molecule has 0 aliphatic carbocycles. The first-order chi connectivity index (χ1) is 9.75. The number of hydrogen-bond donors (Lipinski definition) is 1. The second kappa shape index (κ2) is 7.74. The molecule has 21 heavy (non-hydrogen) atoms. The average Bonchev–Trinajstić information content (AvgIpc) is 2.38. The van der Waals surface area contributed by atoms with E-state index in [0.29, 0.717) is 31.2 Å². The molecule has 0 aliphatic heterocycles. The van der Waals surface area contributed by atoms with Crippen LogP contribution in [0.3, 0.4) is 0 Å². The molecule has 1 N–H and O–H groups in total. The quantitative estimate of drug-likeness (QED) is 0.614. The number of carbonyl (C=O) groups excluding carboxylic acids is 1. The van der Waals surface area contributed by atoms with Crippen molar-refractivity contribution >= 4 is 21.8 Å². The molecule has 0 spiro atoms. The number of alkyl halides is 4. The number of methoxy groups -OCH3 is 1. The molecule has 1 aromatic rings. The van der Waals surface area contributed by atoms with E-state index in [9.17, 15) is 22.4 Å². The molecule has 1 aromatic carbocycles. The lowest BCUT2D eigenvalue weighted by Crippen LogP contribution is -2.28. The highest BCUT2D eigenvalue weighted by molar-refractivity contribution is 9.09. The highest BCUT2D eigenvalue weighted by atomic mass is 79.9. The summed E-state index contributed by atoms with van der Waals surface area (Å²) in [6.07, 6.45) is -4.12. The van der Waals surface area contributed by atoms with Crippen molar-refractivity contribution in [3.63, 3.8) is 0 Å². The molecule has 1 amide bonds. The lowest BCUT2D eigenvalue weighted by atomic mass is 10.1. The molecule has 1 atom stereocenters. The Balaban J connectivity index is 2.69. The molecule has 3 nitrogen and oxygen atoms in total. The average molecular weight is 372 g/mol. The van der Waals surface area contributed by atoms with Crippen molar-refractivity contribution in [3.05, 3.63) is 35.1 Å². The SMILES string of the molecule is COCC(Br)CCNC(=O)c1cc(C(F)(F)F)ccc1F. The summed E-state index contributed by atoms with van der Waals surface area (Å²) in [5.41, 5.74) is -1.69. The molecule has 8 heteroatoms. The predicted molar refractivity (Wildman–Crippen MR) is 72.9 cm³/mol. The summed E-state index contributed by atoms with van der Waals surface area (Å²) in [5, 5.41) is 2.38. The van der Waals surface area contributed by atoms with Crippen molar-refractivity contribution in [2.24, 2.45) is 0 Å². The van der Waals surface area contributed by atoms with E-state index >= 15 is 0 Å². The molecule has 1 unspecified atom stereocenters. The molecule has 0 aromatic heterocycles. The van der Waals surface area contributed by atoms with Crippen LogP contribution in [0.4, 0.5) is 17.6 Å². The van der Waals surface area contributed by atoms with E-state index in [2.05, 4.69) is 21.2 Å². The van der Waals surface area contributed by atoms with E-state index in [-0.39, 0.29) is 11.4 Å². The summed E-state index contributed by atoms with van der Waals surface area (Å²) in [5.74, 6) is -1.87. The minimum Gasteiger partial charge on any atom is -0.384 e. The second-order valence-corrected chi connectivity index (χ2v) is 5.58. The number of nitrogens with one attached hydrogen (secondary N) is 1. The Labute approximate surface area is 127 Å². The Morgan fingerprint density at radius 2 is 2.10 bits per heavy atom. The number of halogens is 5. The minimum atomic E-state index is -4.62. The van der Waals surface area contributed by atoms with Gasteiger partial charge in [0.05, 0.1) is 17.7 Å². The Bertz CT molecular complexity index is 494. The van der Waals surface area contributed by atoms with Gasteiger partial charge < -0.3 is 10.1 Å². The third-order valence-corrected chi connectivity index (χ3v) is 3.35. The summed E-state index contributed by atoms with van der Waals surface area (Å²) in [6, 6.07) is 1.74. The van der Waals surface area contributed by atoms with Crippen LogP contribution >= 0.6 is 15.9 Å². The smallest absolute Gasteiger partial charge is 0.384 e. The van der Waals surface area contributed by atoms with Gasteiger partial charge in [-0.1, -0.05) is 15.9 Å². The monoisotopic (exact) mass is 371 g/mol. The van der Waals surface area contributed by atoms with Gasteiger partial charge in [0, 0.05) is 18.5 Å². The molecular formula is C13H14BrF4NO2. The molecule has 0 bridgehead atoms. The first-order valence-electron chi connectivity index (χ1n) is 6.03. The fourth-order valence-electron chi connectivity index (χ4n) is 1.58. The Hall–Kier alpha value is -1.15.